The molecule has 0 unspecified atom stereocenters. The molecule has 0 amide bonds. The zero-order valence-corrected chi connectivity index (χ0v) is 9.86. The van der Waals surface area contributed by atoms with E-state index in [0.29, 0.717) is 12.8 Å². The van der Waals surface area contributed by atoms with Crippen molar-refractivity contribution in [1.82, 2.24) is 0 Å². The van der Waals surface area contributed by atoms with E-state index in [0.717, 1.165) is 12.8 Å². The Hall–Kier alpha value is 0.260. The molecule has 0 aromatic rings. The summed E-state index contributed by atoms with van der Waals surface area (Å²) < 4.78 is 35.7. The van der Waals surface area contributed by atoms with Gasteiger partial charge in [-0.2, -0.15) is 4.31 Å². The van der Waals surface area contributed by atoms with Gasteiger partial charge in [0.25, 0.3) is 0 Å². The summed E-state index contributed by atoms with van der Waals surface area (Å²) in [6.07, 6.45) is 3.13. The molecule has 1 saturated heterocycles. The molecule has 90 valence electrons. The minimum Gasteiger partial charge on any atom is -0.302 e. The fraction of sp³-hybridized carbons (Fsp3) is 1.00. The van der Waals surface area contributed by atoms with Gasteiger partial charge in [0.15, 0.2) is 0 Å². The Morgan fingerprint density at radius 2 is 1.53 bits per heavy atom. The number of hydrogen-bond donors (Lipinski definition) is 2. The first-order valence-corrected chi connectivity index (χ1v) is 7.56. The SMILES string of the molecule is O=P(O)(O)OP1(=O)OCCCCCCO1. The predicted octanol–water partition coefficient (Wildman–Crippen LogP) is 1.81. The van der Waals surface area contributed by atoms with E-state index in [9.17, 15) is 9.13 Å². The second kappa shape index (κ2) is 5.55. The molecule has 0 spiro atoms. The van der Waals surface area contributed by atoms with Gasteiger partial charge in [-0.15, -0.1) is 0 Å². The summed E-state index contributed by atoms with van der Waals surface area (Å²) in [5, 5.41) is 0. The molecule has 0 saturated carbocycles. The third-order valence-electron chi connectivity index (χ3n) is 1.74. The van der Waals surface area contributed by atoms with Crippen LogP contribution in [0.15, 0.2) is 0 Å². The van der Waals surface area contributed by atoms with Crippen molar-refractivity contribution in [3.8, 4) is 0 Å². The molecule has 7 nitrogen and oxygen atoms in total. The zero-order chi connectivity index (χ0) is 11.4. The van der Waals surface area contributed by atoms with Gasteiger partial charge in [0.05, 0.1) is 13.2 Å². The van der Waals surface area contributed by atoms with Crippen LogP contribution in [0.1, 0.15) is 25.7 Å². The minimum atomic E-state index is -4.86. The van der Waals surface area contributed by atoms with Crippen molar-refractivity contribution in [2.75, 3.05) is 13.2 Å². The lowest BCUT2D eigenvalue weighted by Gasteiger charge is -2.16. The average molecular weight is 260 g/mol. The molecule has 0 atom stereocenters. The number of hydrogen-bond acceptors (Lipinski definition) is 5. The fourth-order valence-electron chi connectivity index (χ4n) is 1.13. The first kappa shape index (κ1) is 13.3. The molecule has 1 fully saturated rings. The first-order chi connectivity index (χ1) is 6.91. The van der Waals surface area contributed by atoms with Gasteiger partial charge < -0.3 is 9.79 Å². The minimum absolute atomic E-state index is 0.108. The second-order valence-corrected chi connectivity index (χ2v) is 6.15. The molecule has 0 aromatic heterocycles. The van der Waals surface area contributed by atoms with Crippen LogP contribution in [-0.4, -0.2) is 23.0 Å². The van der Waals surface area contributed by atoms with Gasteiger partial charge in [-0.05, 0) is 12.8 Å². The maximum atomic E-state index is 11.6. The van der Waals surface area contributed by atoms with E-state index in [2.05, 4.69) is 4.31 Å². The molecule has 0 aliphatic carbocycles. The Balaban J connectivity index is 2.61. The Bertz CT molecular complexity index is 271. The summed E-state index contributed by atoms with van der Waals surface area (Å²) in [6.45, 7) is 0.217. The highest BCUT2D eigenvalue weighted by atomic mass is 31.3. The molecule has 1 heterocycles. The van der Waals surface area contributed by atoms with Gasteiger partial charge in [-0.3, -0.25) is 9.05 Å². The van der Waals surface area contributed by atoms with Crippen LogP contribution in [0.5, 0.6) is 0 Å². The monoisotopic (exact) mass is 260 g/mol. The molecule has 9 heteroatoms. The van der Waals surface area contributed by atoms with Crippen LogP contribution < -0.4 is 0 Å². The highest BCUT2D eigenvalue weighted by molar-refractivity contribution is 7.61. The van der Waals surface area contributed by atoms with Crippen LogP contribution in [0.4, 0.5) is 0 Å². The Labute approximate surface area is 87.6 Å². The van der Waals surface area contributed by atoms with Crippen molar-refractivity contribution >= 4 is 15.6 Å². The highest BCUT2D eigenvalue weighted by Gasteiger charge is 2.36. The van der Waals surface area contributed by atoms with E-state index in [-0.39, 0.29) is 13.2 Å². The van der Waals surface area contributed by atoms with Gasteiger partial charge in [0, 0.05) is 0 Å². The molecular weight excluding hydrogens is 246 g/mol. The van der Waals surface area contributed by atoms with Crippen molar-refractivity contribution < 1.29 is 32.3 Å². The third kappa shape index (κ3) is 5.78. The van der Waals surface area contributed by atoms with Crippen molar-refractivity contribution in [2.45, 2.75) is 25.7 Å². The molecule has 1 aliphatic rings. The number of rotatable bonds is 2. The summed E-state index contributed by atoms with van der Waals surface area (Å²) in [6, 6.07) is 0. The van der Waals surface area contributed by atoms with Crippen LogP contribution in [0.3, 0.4) is 0 Å². The fourth-order valence-corrected chi connectivity index (χ4v) is 3.32. The lowest BCUT2D eigenvalue weighted by atomic mass is 10.2. The van der Waals surface area contributed by atoms with Crippen LogP contribution in [-0.2, 0) is 22.5 Å². The van der Waals surface area contributed by atoms with E-state index in [4.69, 9.17) is 18.8 Å². The lowest BCUT2D eigenvalue weighted by Crippen LogP contribution is -2.00. The lowest BCUT2D eigenvalue weighted by molar-refractivity contribution is 0.143. The van der Waals surface area contributed by atoms with E-state index in [1.165, 1.54) is 0 Å². The zero-order valence-electron chi connectivity index (χ0n) is 8.07. The molecular formula is C6H14O7P2. The smallest absolute Gasteiger partial charge is 0.302 e. The van der Waals surface area contributed by atoms with E-state index in [1.54, 1.807) is 0 Å². The predicted molar refractivity (Wildman–Crippen MR) is 51.1 cm³/mol. The Morgan fingerprint density at radius 3 is 1.93 bits per heavy atom. The standard InChI is InChI=1S/C6H14O7P2/c7-14(8,9)13-15(10)11-5-3-1-2-4-6-12-15/h1-6H2,(H2,7,8,9). The third-order valence-corrected chi connectivity index (χ3v) is 4.39. The molecule has 2 N–H and O–H groups in total. The summed E-state index contributed by atoms with van der Waals surface area (Å²) >= 11 is 0. The normalized spacial score (nSPS) is 23.9. The number of phosphoric acid groups is 2. The first-order valence-electron chi connectivity index (χ1n) is 4.57. The quantitative estimate of drug-likeness (QED) is 0.730. The summed E-state index contributed by atoms with van der Waals surface area (Å²) in [4.78, 5) is 17.0. The maximum absolute atomic E-state index is 11.6. The van der Waals surface area contributed by atoms with Crippen LogP contribution in [0.2, 0.25) is 0 Å². The average Bonchev–Trinajstić information content (AvgIpc) is 2.14. The van der Waals surface area contributed by atoms with E-state index >= 15 is 0 Å². The van der Waals surface area contributed by atoms with Gasteiger partial charge in [0.2, 0.25) is 0 Å². The largest absolute Gasteiger partial charge is 0.483 e. The second-order valence-electron chi connectivity index (χ2n) is 3.10. The maximum Gasteiger partial charge on any atom is 0.483 e. The molecule has 0 bridgehead atoms. The summed E-state index contributed by atoms with van der Waals surface area (Å²) in [5.41, 5.74) is 0. The Kier molecular flexibility index (Phi) is 4.93. The van der Waals surface area contributed by atoms with Gasteiger partial charge in [0.1, 0.15) is 0 Å². The van der Waals surface area contributed by atoms with Crippen molar-refractivity contribution in [2.24, 2.45) is 0 Å². The topological polar surface area (TPSA) is 102 Å². The van der Waals surface area contributed by atoms with Crippen LogP contribution >= 0.6 is 15.6 Å². The molecule has 1 rings (SSSR count). The molecule has 0 aromatic carbocycles. The highest BCUT2D eigenvalue weighted by Crippen LogP contribution is 2.61. The number of phosphoric ester groups is 1. The molecule has 1 aliphatic heterocycles. The summed E-state index contributed by atoms with van der Waals surface area (Å²) in [5.74, 6) is 0. The van der Waals surface area contributed by atoms with Crippen LogP contribution in [0.25, 0.3) is 0 Å². The van der Waals surface area contributed by atoms with Gasteiger partial charge >= 0.3 is 15.6 Å². The molecule has 15 heavy (non-hydrogen) atoms. The van der Waals surface area contributed by atoms with Crippen molar-refractivity contribution in [3.05, 3.63) is 0 Å². The molecule has 0 radical (unpaired) electrons. The van der Waals surface area contributed by atoms with E-state index in [1.807, 2.05) is 0 Å². The van der Waals surface area contributed by atoms with Gasteiger partial charge in [-0.1, -0.05) is 12.8 Å². The van der Waals surface area contributed by atoms with Gasteiger partial charge in [-0.25, -0.2) is 9.13 Å². The van der Waals surface area contributed by atoms with Crippen LogP contribution in [0, 0.1) is 0 Å². The van der Waals surface area contributed by atoms with Crippen molar-refractivity contribution in [1.29, 1.82) is 0 Å². The Morgan fingerprint density at radius 1 is 1.07 bits per heavy atom. The van der Waals surface area contributed by atoms with E-state index < -0.39 is 15.6 Å². The van der Waals surface area contributed by atoms with Crippen molar-refractivity contribution in [3.63, 3.8) is 0 Å². The summed E-state index contributed by atoms with van der Waals surface area (Å²) in [7, 11) is -8.96.